The van der Waals surface area contributed by atoms with Crippen molar-refractivity contribution in [1.82, 2.24) is 15.1 Å². The topological polar surface area (TPSA) is 46.9 Å². The summed E-state index contributed by atoms with van der Waals surface area (Å²) < 4.78 is 41.6. The molecular weight excluding hydrogens is 391 g/mol. The third-order valence-corrected chi connectivity index (χ3v) is 5.82. The number of hydrogen-bond acceptors (Lipinski definition) is 2. The molecule has 1 aromatic heterocycles. The molecule has 0 bridgehead atoms. The molecule has 1 heterocycles. The molecule has 0 saturated heterocycles. The van der Waals surface area contributed by atoms with Crippen LogP contribution in [0.3, 0.4) is 0 Å². The van der Waals surface area contributed by atoms with E-state index in [0.29, 0.717) is 5.92 Å². The molecule has 1 aliphatic rings. The summed E-state index contributed by atoms with van der Waals surface area (Å²) in [5, 5.41) is 6.94. The van der Waals surface area contributed by atoms with Crippen molar-refractivity contribution in [1.29, 1.82) is 0 Å². The molecule has 0 aliphatic heterocycles. The summed E-state index contributed by atoms with van der Waals surface area (Å²) in [5.74, 6) is -0.322. The van der Waals surface area contributed by atoms with Crippen LogP contribution in [-0.2, 0) is 12.7 Å². The summed E-state index contributed by atoms with van der Waals surface area (Å²) in [7, 11) is 0. The summed E-state index contributed by atoms with van der Waals surface area (Å²) in [6, 6.07) is 3.23. The van der Waals surface area contributed by atoms with E-state index in [-0.39, 0.29) is 11.1 Å². The highest BCUT2D eigenvalue weighted by atomic mass is 35.5. The Morgan fingerprint density at radius 1 is 1.25 bits per heavy atom. The number of amides is 1. The molecule has 1 aliphatic carbocycles. The van der Waals surface area contributed by atoms with E-state index in [4.69, 9.17) is 11.6 Å². The number of alkyl halides is 3. The fourth-order valence-electron chi connectivity index (χ4n) is 3.71. The summed E-state index contributed by atoms with van der Waals surface area (Å²) in [6.45, 7) is 4.88. The minimum Gasteiger partial charge on any atom is -0.349 e. The molecule has 1 aromatic carbocycles. The fourth-order valence-corrected chi connectivity index (χ4v) is 3.97. The third-order valence-electron chi connectivity index (χ3n) is 5.51. The Labute approximate surface area is 167 Å². The molecule has 28 heavy (non-hydrogen) atoms. The maximum atomic E-state index is 13.2. The third kappa shape index (κ3) is 4.51. The van der Waals surface area contributed by atoms with Crippen molar-refractivity contribution in [2.75, 3.05) is 0 Å². The summed E-state index contributed by atoms with van der Waals surface area (Å²) in [6.07, 6.45) is 0.441. The number of aromatic nitrogens is 2. The summed E-state index contributed by atoms with van der Waals surface area (Å²) >= 11 is 5.91. The van der Waals surface area contributed by atoms with Crippen molar-refractivity contribution < 1.29 is 18.0 Å². The highest BCUT2D eigenvalue weighted by molar-refractivity contribution is 6.34. The van der Waals surface area contributed by atoms with Gasteiger partial charge in [0.15, 0.2) is 0 Å². The number of carbonyl (C=O) groups excluding carboxylic acids is 1. The lowest BCUT2D eigenvalue weighted by molar-refractivity contribution is -0.137. The van der Waals surface area contributed by atoms with Crippen LogP contribution in [0.15, 0.2) is 24.4 Å². The number of halogens is 4. The van der Waals surface area contributed by atoms with Crippen LogP contribution in [0.2, 0.25) is 5.02 Å². The smallest absolute Gasteiger partial charge is 0.349 e. The first-order valence-electron chi connectivity index (χ1n) is 9.32. The van der Waals surface area contributed by atoms with Gasteiger partial charge in [-0.2, -0.15) is 18.3 Å². The van der Waals surface area contributed by atoms with E-state index in [1.807, 2.05) is 24.7 Å². The SMILES string of the molecule is Cc1cnn(CC2CCC(NC(=O)c3c(Cl)cccc3C(F)(F)F)CC2)c1C. The number of hydrogen-bond donors (Lipinski definition) is 1. The predicted octanol–water partition coefficient (Wildman–Crippen LogP) is 5.16. The highest BCUT2D eigenvalue weighted by Gasteiger charge is 2.37. The first-order chi connectivity index (χ1) is 13.2. The van der Waals surface area contributed by atoms with Gasteiger partial charge in [-0.15, -0.1) is 0 Å². The van der Waals surface area contributed by atoms with Crippen LogP contribution in [0.1, 0.15) is 52.9 Å². The average molecular weight is 414 g/mol. The van der Waals surface area contributed by atoms with E-state index in [1.54, 1.807) is 0 Å². The van der Waals surface area contributed by atoms with Crippen LogP contribution >= 0.6 is 11.6 Å². The Hall–Kier alpha value is -2.02. The lowest BCUT2D eigenvalue weighted by Gasteiger charge is -2.29. The molecule has 0 radical (unpaired) electrons. The molecule has 0 unspecified atom stereocenters. The van der Waals surface area contributed by atoms with Gasteiger partial charge in [-0.3, -0.25) is 9.48 Å². The highest BCUT2D eigenvalue weighted by Crippen LogP contribution is 2.35. The van der Waals surface area contributed by atoms with Gasteiger partial charge < -0.3 is 5.32 Å². The van der Waals surface area contributed by atoms with Crippen LogP contribution < -0.4 is 5.32 Å². The van der Waals surface area contributed by atoms with Crippen molar-refractivity contribution in [3.8, 4) is 0 Å². The summed E-state index contributed by atoms with van der Waals surface area (Å²) in [4.78, 5) is 12.5. The molecule has 152 valence electrons. The number of aryl methyl sites for hydroxylation is 1. The molecule has 0 atom stereocenters. The van der Waals surface area contributed by atoms with E-state index in [2.05, 4.69) is 10.4 Å². The minimum absolute atomic E-state index is 0.151. The molecule has 1 N–H and O–H groups in total. The van der Waals surface area contributed by atoms with Gasteiger partial charge in [0.1, 0.15) is 0 Å². The molecule has 4 nitrogen and oxygen atoms in total. The Kier molecular flexibility index (Phi) is 6.03. The largest absolute Gasteiger partial charge is 0.417 e. The lowest BCUT2D eigenvalue weighted by Crippen LogP contribution is -2.39. The molecule has 1 saturated carbocycles. The Bertz CT molecular complexity index is 855. The fraction of sp³-hybridized carbons (Fsp3) is 0.500. The predicted molar refractivity (Wildman–Crippen MR) is 101 cm³/mol. The number of nitrogens with zero attached hydrogens (tertiary/aromatic N) is 2. The van der Waals surface area contributed by atoms with Crippen molar-refractivity contribution in [2.45, 2.75) is 58.3 Å². The molecule has 8 heteroatoms. The minimum atomic E-state index is -4.63. The van der Waals surface area contributed by atoms with Crippen molar-refractivity contribution >= 4 is 17.5 Å². The maximum absolute atomic E-state index is 13.2. The zero-order chi connectivity index (χ0) is 20.5. The van der Waals surface area contributed by atoms with Crippen LogP contribution in [-0.4, -0.2) is 21.7 Å². The van der Waals surface area contributed by atoms with Gasteiger partial charge in [0.05, 0.1) is 22.3 Å². The van der Waals surface area contributed by atoms with Crippen LogP contribution in [0, 0.1) is 19.8 Å². The van der Waals surface area contributed by atoms with Gasteiger partial charge in [-0.25, -0.2) is 0 Å². The van der Waals surface area contributed by atoms with Gasteiger partial charge in [0.2, 0.25) is 0 Å². The van der Waals surface area contributed by atoms with Crippen LogP contribution in [0.4, 0.5) is 13.2 Å². The summed E-state index contributed by atoms with van der Waals surface area (Å²) in [5.41, 5.74) is 0.798. The Morgan fingerprint density at radius 3 is 2.50 bits per heavy atom. The van der Waals surface area contributed by atoms with Crippen molar-refractivity contribution in [3.63, 3.8) is 0 Å². The van der Waals surface area contributed by atoms with Crippen molar-refractivity contribution in [3.05, 3.63) is 51.8 Å². The monoisotopic (exact) mass is 413 g/mol. The number of benzene rings is 1. The van der Waals surface area contributed by atoms with Gasteiger partial charge in [0, 0.05) is 18.3 Å². The van der Waals surface area contributed by atoms with Gasteiger partial charge in [-0.05, 0) is 63.1 Å². The normalized spacial score (nSPS) is 20.2. The molecule has 1 fully saturated rings. The van der Waals surface area contributed by atoms with E-state index >= 15 is 0 Å². The number of nitrogens with one attached hydrogen (secondary N) is 1. The molecule has 0 spiro atoms. The quantitative estimate of drug-likeness (QED) is 0.752. The van der Waals surface area contributed by atoms with Crippen LogP contribution in [0.5, 0.6) is 0 Å². The standard InChI is InChI=1S/C20H23ClF3N3O/c1-12-10-25-27(13(12)2)11-14-6-8-15(9-7-14)26-19(28)18-16(20(22,23)24)4-3-5-17(18)21/h3-5,10,14-15H,6-9,11H2,1-2H3,(H,26,28). The second-order valence-electron chi connectivity index (χ2n) is 7.45. The molecule has 2 aromatic rings. The number of rotatable bonds is 4. The van der Waals surface area contributed by atoms with Crippen molar-refractivity contribution in [2.24, 2.45) is 5.92 Å². The van der Waals surface area contributed by atoms with Gasteiger partial charge >= 0.3 is 6.18 Å². The van der Waals surface area contributed by atoms with E-state index in [1.165, 1.54) is 12.1 Å². The van der Waals surface area contributed by atoms with E-state index in [0.717, 1.165) is 49.6 Å². The maximum Gasteiger partial charge on any atom is 0.417 e. The lowest BCUT2D eigenvalue weighted by atomic mass is 9.85. The zero-order valence-corrected chi connectivity index (χ0v) is 16.6. The Morgan fingerprint density at radius 2 is 1.93 bits per heavy atom. The Balaban J connectivity index is 1.61. The first kappa shape index (κ1) is 20.7. The second-order valence-corrected chi connectivity index (χ2v) is 7.85. The average Bonchev–Trinajstić information content (AvgIpc) is 2.94. The van der Waals surface area contributed by atoms with Gasteiger partial charge in [0.25, 0.3) is 5.91 Å². The van der Waals surface area contributed by atoms with Crippen LogP contribution in [0.25, 0.3) is 0 Å². The molecule has 3 rings (SSSR count). The second kappa shape index (κ2) is 8.15. The van der Waals surface area contributed by atoms with E-state index in [9.17, 15) is 18.0 Å². The van der Waals surface area contributed by atoms with E-state index < -0.39 is 23.2 Å². The number of carbonyl (C=O) groups is 1. The van der Waals surface area contributed by atoms with Gasteiger partial charge in [-0.1, -0.05) is 17.7 Å². The molecule has 1 amide bonds. The molecular formula is C20H23ClF3N3O. The first-order valence-corrected chi connectivity index (χ1v) is 9.70. The zero-order valence-electron chi connectivity index (χ0n) is 15.8.